The van der Waals surface area contributed by atoms with Crippen LogP contribution < -0.4 is 5.32 Å². The summed E-state index contributed by atoms with van der Waals surface area (Å²) in [5, 5.41) is 34.9. The Bertz CT molecular complexity index is 1170. The molecule has 0 heterocycles. The number of benzene rings is 3. The molecule has 172 valence electrons. The zero-order valence-electron chi connectivity index (χ0n) is 18.4. The molecule has 0 aliphatic rings. The molecule has 33 heavy (non-hydrogen) atoms. The van der Waals surface area contributed by atoms with E-state index in [4.69, 9.17) is 0 Å². The SMILES string of the molecule is CC(C)CC(NC(C(=O)O)c1cc(Cc2ccc([N+](=O)[O-])cc2)cc2ccccc12)C(=O)O. The van der Waals surface area contributed by atoms with Crippen LogP contribution in [0.3, 0.4) is 0 Å². The monoisotopic (exact) mass is 450 g/mol. The lowest BCUT2D eigenvalue weighted by Gasteiger charge is -2.23. The van der Waals surface area contributed by atoms with Crippen LogP contribution >= 0.6 is 0 Å². The first-order valence-electron chi connectivity index (χ1n) is 10.6. The van der Waals surface area contributed by atoms with Gasteiger partial charge in [-0.3, -0.25) is 25.0 Å². The van der Waals surface area contributed by atoms with Crippen molar-refractivity contribution < 1.29 is 24.7 Å². The highest BCUT2D eigenvalue weighted by molar-refractivity contribution is 5.91. The molecular weight excluding hydrogens is 424 g/mol. The molecule has 3 aromatic carbocycles. The van der Waals surface area contributed by atoms with Crippen molar-refractivity contribution in [3.8, 4) is 0 Å². The van der Waals surface area contributed by atoms with Crippen LogP contribution in [0.5, 0.6) is 0 Å². The van der Waals surface area contributed by atoms with Gasteiger partial charge in [0.25, 0.3) is 5.69 Å². The topological polar surface area (TPSA) is 130 Å². The quantitative estimate of drug-likeness (QED) is 0.305. The molecule has 0 saturated heterocycles. The van der Waals surface area contributed by atoms with Gasteiger partial charge in [0.05, 0.1) is 4.92 Å². The minimum absolute atomic E-state index is 0.00189. The molecule has 3 N–H and O–H groups in total. The van der Waals surface area contributed by atoms with E-state index in [2.05, 4.69) is 5.32 Å². The first-order chi connectivity index (χ1) is 15.7. The molecule has 0 aliphatic heterocycles. The van der Waals surface area contributed by atoms with Crippen molar-refractivity contribution >= 4 is 28.4 Å². The minimum Gasteiger partial charge on any atom is -0.480 e. The highest BCUT2D eigenvalue weighted by atomic mass is 16.6. The molecule has 3 rings (SSSR count). The molecule has 0 radical (unpaired) electrons. The molecule has 0 saturated carbocycles. The van der Waals surface area contributed by atoms with Crippen LogP contribution in [0.2, 0.25) is 0 Å². The average molecular weight is 450 g/mol. The van der Waals surface area contributed by atoms with E-state index in [9.17, 15) is 29.9 Å². The summed E-state index contributed by atoms with van der Waals surface area (Å²) in [4.78, 5) is 34.5. The average Bonchev–Trinajstić information content (AvgIpc) is 2.76. The Kier molecular flexibility index (Phi) is 7.40. The molecule has 2 unspecified atom stereocenters. The maximum Gasteiger partial charge on any atom is 0.325 e. The van der Waals surface area contributed by atoms with Crippen LogP contribution in [-0.2, 0) is 16.0 Å². The lowest BCUT2D eigenvalue weighted by atomic mass is 9.92. The molecule has 0 fully saturated rings. The third-order valence-corrected chi connectivity index (χ3v) is 5.44. The van der Waals surface area contributed by atoms with Crippen molar-refractivity contribution in [2.24, 2.45) is 5.92 Å². The van der Waals surface area contributed by atoms with Gasteiger partial charge in [-0.15, -0.1) is 0 Å². The fourth-order valence-corrected chi connectivity index (χ4v) is 3.92. The molecule has 0 aromatic heterocycles. The van der Waals surface area contributed by atoms with Crippen molar-refractivity contribution in [3.05, 3.63) is 87.5 Å². The van der Waals surface area contributed by atoms with Crippen LogP contribution in [0, 0.1) is 16.0 Å². The normalized spacial score (nSPS) is 13.1. The van der Waals surface area contributed by atoms with E-state index in [1.807, 2.05) is 44.2 Å². The number of nitrogens with zero attached hydrogens (tertiary/aromatic N) is 1. The van der Waals surface area contributed by atoms with Crippen molar-refractivity contribution in [1.29, 1.82) is 0 Å². The third-order valence-electron chi connectivity index (χ3n) is 5.44. The lowest BCUT2D eigenvalue weighted by Crippen LogP contribution is -2.43. The number of non-ortho nitro benzene ring substituents is 1. The number of nitrogens with one attached hydrogen (secondary N) is 1. The molecule has 8 heteroatoms. The highest BCUT2D eigenvalue weighted by Crippen LogP contribution is 2.29. The van der Waals surface area contributed by atoms with Crippen LogP contribution in [-0.4, -0.2) is 33.1 Å². The third kappa shape index (κ3) is 5.93. The zero-order chi connectivity index (χ0) is 24.1. The maximum absolute atomic E-state index is 12.2. The van der Waals surface area contributed by atoms with Gasteiger partial charge in [0, 0.05) is 12.1 Å². The summed E-state index contributed by atoms with van der Waals surface area (Å²) in [6.07, 6.45) is 0.732. The smallest absolute Gasteiger partial charge is 0.325 e. The number of aliphatic carboxylic acids is 2. The fraction of sp³-hybridized carbons (Fsp3) is 0.280. The number of rotatable bonds is 10. The molecule has 0 spiro atoms. The van der Waals surface area contributed by atoms with E-state index in [1.165, 1.54) is 12.1 Å². The van der Waals surface area contributed by atoms with Gasteiger partial charge in [-0.2, -0.15) is 0 Å². The molecule has 3 aromatic rings. The second kappa shape index (κ2) is 10.2. The predicted molar refractivity (Wildman–Crippen MR) is 124 cm³/mol. The Balaban J connectivity index is 2.03. The molecule has 0 amide bonds. The Labute approximate surface area is 191 Å². The maximum atomic E-state index is 12.2. The number of fused-ring (bicyclic) bond motifs is 1. The summed E-state index contributed by atoms with van der Waals surface area (Å²) in [5.74, 6) is -2.19. The Morgan fingerprint density at radius 1 is 0.970 bits per heavy atom. The number of nitro groups is 1. The van der Waals surface area contributed by atoms with Crippen molar-refractivity contribution in [2.75, 3.05) is 0 Å². The van der Waals surface area contributed by atoms with E-state index in [0.717, 1.165) is 21.9 Å². The van der Waals surface area contributed by atoms with Crippen LogP contribution in [0.4, 0.5) is 5.69 Å². The summed E-state index contributed by atoms with van der Waals surface area (Å²) >= 11 is 0. The molecule has 0 bridgehead atoms. The van der Waals surface area contributed by atoms with E-state index in [0.29, 0.717) is 18.4 Å². The number of nitro benzene ring substituents is 1. The second-order valence-electron chi connectivity index (χ2n) is 8.46. The van der Waals surface area contributed by atoms with Gasteiger partial charge in [-0.05, 0) is 46.2 Å². The first kappa shape index (κ1) is 23.9. The standard InChI is InChI=1S/C25H26N2O6/c1-15(2)11-22(24(28)29)26-23(25(30)31)21-14-17(13-18-5-3-4-6-20(18)21)12-16-7-9-19(10-8-16)27(32)33/h3-10,13-15,22-23,26H,11-12H2,1-2H3,(H,28,29)(H,30,31). The summed E-state index contributed by atoms with van der Waals surface area (Å²) in [6, 6.07) is 15.0. The highest BCUT2D eigenvalue weighted by Gasteiger charge is 2.29. The number of carboxylic acids is 2. The Morgan fingerprint density at radius 2 is 1.64 bits per heavy atom. The van der Waals surface area contributed by atoms with Gasteiger partial charge in [0.2, 0.25) is 0 Å². The van der Waals surface area contributed by atoms with Crippen LogP contribution in [0.25, 0.3) is 10.8 Å². The summed E-state index contributed by atoms with van der Waals surface area (Å²) in [7, 11) is 0. The van der Waals surface area contributed by atoms with Crippen molar-refractivity contribution in [1.82, 2.24) is 5.32 Å². The van der Waals surface area contributed by atoms with Gasteiger partial charge in [0.15, 0.2) is 0 Å². The summed E-state index contributed by atoms with van der Waals surface area (Å²) < 4.78 is 0. The van der Waals surface area contributed by atoms with E-state index in [-0.39, 0.29) is 11.6 Å². The fourth-order valence-electron chi connectivity index (χ4n) is 3.92. The number of hydrogen-bond donors (Lipinski definition) is 3. The number of hydrogen-bond acceptors (Lipinski definition) is 5. The predicted octanol–water partition coefficient (Wildman–Crippen LogP) is 4.55. The van der Waals surface area contributed by atoms with Gasteiger partial charge in [0.1, 0.15) is 12.1 Å². The molecule has 2 atom stereocenters. The van der Waals surface area contributed by atoms with Gasteiger partial charge in [-0.1, -0.05) is 62.4 Å². The zero-order valence-corrected chi connectivity index (χ0v) is 18.4. The second-order valence-corrected chi connectivity index (χ2v) is 8.46. The molecular formula is C25H26N2O6. The summed E-state index contributed by atoms with van der Waals surface area (Å²) in [5.41, 5.74) is 2.14. The molecule has 0 aliphatic carbocycles. The summed E-state index contributed by atoms with van der Waals surface area (Å²) in [6.45, 7) is 3.77. The first-order valence-corrected chi connectivity index (χ1v) is 10.6. The Morgan fingerprint density at radius 3 is 2.21 bits per heavy atom. The lowest BCUT2D eigenvalue weighted by molar-refractivity contribution is -0.384. The number of carboxylic acid groups (broad SMARTS) is 2. The van der Waals surface area contributed by atoms with Gasteiger partial charge >= 0.3 is 11.9 Å². The van der Waals surface area contributed by atoms with Gasteiger partial charge < -0.3 is 10.2 Å². The number of carbonyl (C=O) groups is 2. The minimum atomic E-state index is -1.22. The van der Waals surface area contributed by atoms with Crippen molar-refractivity contribution in [2.45, 2.75) is 38.8 Å². The van der Waals surface area contributed by atoms with E-state index >= 15 is 0 Å². The molecule has 8 nitrogen and oxygen atoms in total. The van der Waals surface area contributed by atoms with Crippen LogP contribution in [0.1, 0.15) is 43.0 Å². The van der Waals surface area contributed by atoms with Gasteiger partial charge in [-0.25, -0.2) is 0 Å². The van der Waals surface area contributed by atoms with Crippen molar-refractivity contribution in [3.63, 3.8) is 0 Å². The largest absolute Gasteiger partial charge is 0.480 e. The van der Waals surface area contributed by atoms with Crippen LogP contribution in [0.15, 0.2) is 60.7 Å². The van der Waals surface area contributed by atoms with E-state index in [1.54, 1.807) is 18.2 Å². The van der Waals surface area contributed by atoms with E-state index < -0.39 is 28.9 Å². The Hall–Kier alpha value is -3.78.